The van der Waals surface area contributed by atoms with E-state index in [-0.39, 0.29) is 17.7 Å². The minimum Gasteiger partial charge on any atom is -0.459 e. The van der Waals surface area contributed by atoms with Crippen molar-refractivity contribution in [2.75, 3.05) is 6.61 Å². The minimum atomic E-state index is -1.40. The predicted molar refractivity (Wildman–Crippen MR) is 128 cm³/mol. The lowest BCUT2D eigenvalue weighted by atomic mass is 10.1. The standard InChI is InChI=1S/C28H24O9/c1-18(29)34-28-24(37-27(32)21-15-9-4-10-16-21)23(36-26(31)20-13-7-3-8-14-20)22(35-28)17-33-25(30)19-11-5-2-6-12-19/h2-16,22-24,28H,17H2,1H3/t22-,23+,24+,28-/m1/s1. The van der Waals surface area contributed by atoms with Gasteiger partial charge in [-0.05, 0) is 36.4 Å². The molecule has 0 amide bonds. The van der Waals surface area contributed by atoms with Crippen LogP contribution in [0, 0.1) is 0 Å². The highest BCUT2D eigenvalue weighted by molar-refractivity contribution is 5.91. The number of rotatable bonds is 8. The maximum atomic E-state index is 12.9. The van der Waals surface area contributed by atoms with Gasteiger partial charge in [0, 0.05) is 6.92 Å². The number of hydrogen-bond acceptors (Lipinski definition) is 9. The van der Waals surface area contributed by atoms with E-state index in [2.05, 4.69) is 0 Å². The molecule has 0 aromatic heterocycles. The Kier molecular flexibility index (Phi) is 8.27. The van der Waals surface area contributed by atoms with Gasteiger partial charge in [0.2, 0.25) is 12.4 Å². The number of carbonyl (C=O) groups excluding carboxylic acids is 4. The number of hydrogen-bond donors (Lipinski definition) is 0. The molecule has 0 radical (unpaired) electrons. The van der Waals surface area contributed by atoms with E-state index in [0.29, 0.717) is 5.56 Å². The highest BCUT2D eigenvalue weighted by Crippen LogP contribution is 2.30. The molecule has 9 heteroatoms. The lowest BCUT2D eigenvalue weighted by Gasteiger charge is -2.24. The Balaban J connectivity index is 1.58. The lowest BCUT2D eigenvalue weighted by molar-refractivity contribution is -0.187. The van der Waals surface area contributed by atoms with Gasteiger partial charge in [0.05, 0.1) is 16.7 Å². The Labute approximate surface area is 212 Å². The normalized spacial score (nSPS) is 20.5. The molecule has 3 aromatic carbocycles. The van der Waals surface area contributed by atoms with Crippen LogP contribution < -0.4 is 0 Å². The van der Waals surface area contributed by atoms with Crippen LogP contribution in [-0.2, 0) is 28.5 Å². The second kappa shape index (κ2) is 12.0. The molecule has 190 valence electrons. The van der Waals surface area contributed by atoms with Crippen molar-refractivity contribution in [3.05, 3.63) is 108 Å². The van der Waals surface area contributed by atoms with Crippen LogP contribution in [0.2, 0.25) is 0 Å². The van der Waals surface area contributed by atoms with E-state index in [9.17, 15) is 19.2 Å². The van der Waals surface area contributed by atoms with Crippen LogP contribution in [0.4, 0.5) is 0 Å². The summed E-state index contributed by atoms with van der Waals surface area (Å²) in [5.41, 5.74) is 0.782. The maximum Gasteiger partial charge on any atom is 0.338 e. The molecular formula is C28H24O9. The summed E-state index contributed by atoms with van der Waals surface area (Å²) in [5.74, 6) is -2.81. The van der Waals surface area contributed by atoms with E-state index in [4.69, 9.17) is 23.7 Å². The molecule has 0 N–H and O–H groups in total. The van der Waals surface area contributed by atoms with Crippen LogP contribution in [0.15, 0.2) is 91.0 Å². The van der Waals surface area contributed by atoms with Crippen LogP contribution in [0.3, 0.4) is 0 Å². The zero-order chi connectivity index (χ0) is 26.2. The molecule has 0 aliphatic carbocycles. The van der Waals surface area contributed by atoms with E-state index in [0.717, 1.165) is 6.92 Å². The Morgan fingerprint density at radius 2 is 1.05 bits per heavy atom. The topological polar surface area (TPSA) is 114 Å². The minimum absolute atomic E-state index is 0.233. The van der Waals surface area contributed by atoms with E-state index < -0.39 is 48.5 Å². The highest BCUT2D eigenvalue weighted by Gasteiger charge is 2.52. The van der Waals surface area contributed by atoms with E-state index in [1.54, 1.807) is 91.0 Å². The molecule has 4 atom stereocenters. The van der Waals surface area contributed by atoms with Crippen molar-refractivity contribution in [2.45, 2.75) is 31.5 Å². The number of benzene rings is 3. The third kappa shape index (κ3) is 6.59. The molecule has 0 saturated carbocycles. The second-order valence-corrected chi connectivity index (χ2v) is 8.09. The SMILES string of the molecule is CC(=O)O[C@@H]1O[C@H](COC(=O)c2ccccc2)[C@H](OC(=O)c2ccccc2)[C@@H]1OC(=O)c1ccccc1. The van der Waals surface area contributed by atoms with Gasteiger partial charge in [0.25, 0.3) is 0 Å². The molecule has 1 aliphatic rings. The summed E-state index contributed by atoms with van der Waals surface area (Å²) in [6, 6.07) is 24.6. The second-order valence-electron chi connectivity index (χ2n) is 8.09. The molecule has 1 aliphatic heterocycles. The van der Waals surface area contributed by atoms with Crippen molar-refractivity contribution in [2.24, 2.45) is 0 Å². The van der Waals surface area contributed by atoms with Crippen molar-refractivity contribution < 1.29 is 42.9 Å². The molecule has 3 aromatic rings. The van der Waals surface area contributed by atoms with Crippen molar-refractivity contribution in [1.82, 2.24) is 0 Å². The van der Waals surface area contributed by atoms with Gasteiger partial charge in [0.1, 0.15) is 12.7 Å². The fourth-order valence-electron chi connectivity index (χ4n) is 3.70. The van der Waals surface area contributed by atoms with Crippen LogP contribution >= 0.6 is 0 Å². The number of ether oxygens (including phenoxy) is 5. The van der Waals surface area contributed by atoms with Crippen molar-refractivity contribution in [1.29, 1.82) is 0 Å². The van der Waals surface area contributed by atoms with E-state index in [1.165, 1.54) is 0 Å². The molecule has 0 bridgehead atoms. The largest absolute Gasteiger partial charge is 0.459 e. The van der Waals surface area contributed by atoms with Gasteiger partial charge in [0.15, 0.2) is 6.10 Å². The molecule has 1 heterocycles. The van der Waals surface area contributed by atoms with E-state index >= 15 is 0 Å². The zero-order valence-corrected chi connectivity index (χ0v) is 19.9. The van der Waals surface area contributed by atoms with Gasteiger partial charge in [-0.1, -0.05) is 54.6 Å². The summed E-state index contributed by atoms with van der Waals surface area (Å²) in [5, 5.41) is 0. The predicted octanol–water partition coefficient (Wildman–Crippen LogP) is 3.58. The fraction of sp³-hybridized carbons (Fsp3) is 0.214. The number of esters is 4. The lowest BCUT2D eigenvalue weighted by Crippen LogP contribution is -2.42. The summed E-state index contributed by atoms with van der Waals surface area (Å²) in [4.78, 5) is 50.0. The summed E-state index contributed by atoms with van der Waals surface area (Å²) in [6.45, 7) is 0.796. The van der Waals surface area contributed by atoms with Crippen molar-refractivity contribution in [3.8, 4) is 0 Å². The first-order valence-corrected chi connectivity index (χ1v) is 11.5. The summed E-state index contributed by atoms with van der Waals surface area (Å²) in [7, 11) is 0. The summed E-state index contributed by atoms with van der Waals surface area (Å²) >= 11 is 0. The quantitative estimate of drug-likeness (QED) is 0.335. The molecule has 0 spiro atoms. The first-order valence-electron chi connectivity index (χ1n) is 11.5. The van der Waals surface area contributed by atoms with Crippen molar-refractivity contribution >= 4 is 23.9 Å². The van der Waals surface area contributed by atoms with Gasteiger partial charge in [-0.2, -0.15) is 0 Å². The fourth-order valence-corrected chi connectivity index (χ4v) is 3.70. The molecule has 9 nitrogen and oxygen atoms in total. The Morgan fingerprint density at radius 1 is 0.622 bits per heavy atom. The molecule has 37 heavy (non-hydrogen) atoms. The Morgan fingerprint density at radius 3 is 1.51 bits per heavy atom. The third-order valence-electron chi connectivity index (χ3n) is 5.44. The average molecular weight is 504 g/mol. The zero-order valence-electron chi connectivity index (χ0n) is 19.9. The third-order valence-corrected chi connectivity index (χ3v) is 5.44. The molecule has 1 fully saturated rings. The molecular weight excluding hydrogens is 480 g/mol. The monoisotopic (exact) mass is 504 g/mol. The maximum absolute atomic E-state index is 12.9. The van der Waals surface area contributed by atoms with Crippen LogP contribution in [0.1, 0.15) is 38.0 Å². The van der Waals surface area contributed by atoms with E-state index in [1.807, 2.05) is 0 Å². The summed E-state index contributed by atoms with van der Waals surface area (Å²) < 4.78 is 27.7. The number of carbonyl (C=O) groups is 4. The molecule has 4 rings (SSSR count). The first kappa shape index (κ1) is 25.6. The molecule has 1 saturated heterocycles. The molecule has 0 unspecified atom stereocenters. The van der Waals surface area contributed by atoms with Gasteiger partial charge < -0.3 is 23.7 Å². The first-order chi connectivity index (χ1) is 17.9. The highest BCUT2D eigenvalue weighted by atomic mass is 16.8. The van der Waals surface area contributed by atoms with Crippen LogP contribution in [0.5, 0.6) is 0 Å². The van der Waals surface area contributed by atoms with Gasteiger partial charge in [-0.25, -0.2) is 14.4 Å². The Hall–Kier alpha value is -4.50. The van der Waals surface area contributed by atoms with Crippen molar-refractivity contribution in [3.63, 3.8) is 0 Å². The Bertz CT molecular complexity index is 1230. The summed E-state index contributed by atoms with van der Waals surface area (Å²) in [6.07, 6.45) is -5.09. The van der Waals surface area contributed by atoms with Gasteiger partial charge >= 0.3 is 23.9 Å². The van der Waals surface area contributed by atoms with Gasteiger partial charge in [-0.3, -0.25) is 4.79 Å². The smallest absolute Gasteiger partial charge is 0.338 e. The van der Waals surface area contributed by atoms with Crippen LogP contribution in [0.25, 0.3) is 0 Å². The average Bonchev–Trinajstić information content (AvgIpc) is 3.23. The van der Waals surface area contributed by atoms with Gasteiger partial charge in [-0.15, -0.1) is 0 Å². The van der Waals surface area contributed by atoms with Crippen LogP contribution in [-0.4, -0.2) is 55.1 Å².